The van der Waals surface area contributed by atoms with Gasteiger partial charge in [0.15, 0.2) is 6.20 Å². The van der Waals surface area contributed by atoms with Gasteiger partial charge < -0.3 is 14.8 Å². The van der Waals surface area contributed by atoms with E-state index in [1.165, 1.54) is 0 Å². The maximum atomic E-state index is 13.0. The predicted octanol–water partition coefficient (Wildman–Crippen LogP) is 1.67. The highest BCUT2D eigenvalue weighted by atomic mass is 32.2. The molecule has 1 aromatic heterocycles. The second kappa shape index (κ2) is 9.94. The molecule has 0 unspecified atom stereocenters. The van der Waals surface area contributed by atoms with Crippen molar-refractivity contribution in [2.24, 2.45) is 10.9 Å². The van der Waals surface area contributed by atoms with Crippen LogP contribution in [0.25, 0.3) is 0 Å². The Hall–Kier alpha value is -1.99. The van der Waals surface area contributed by atoms with Crippen LogP contribution in [-0.2, 0) is 27.7 Å². The highest BCUT2D eigenvalue weighted by molar-refractivity contribution is 7.89. The van der Waals surface area contributed by atoms with E-state index in [2.05, 4.69) is 19.6 Å². The highest BCUT2D eigenvalue weighted by Crippen LogP contribution is 2.28. The summed E-state index contributed by atoms with van der Waals surface area (Å²) in [4.78, 5) is 11.1. The van der Waals surface area contributed by atoms with Gasteiger partial charge in [0.2, 0.25) is 10.0 Å². The molecule has 3 aliphatic rings. The number of morpholine rings is 1. The standard InChI is InChI=1S/C21H30F3N5O4S/c1-14-13-28(7-8-33-14)20-17-11-25-19(29(30)18(17)12-26-20)10-15-2-4-16(5-3-15)27-34(31,32)9-6-21(22,23)24/h11,14-16,27H,2-10,12-13H2,1H3/t14-,15?,16?/m0/s1. The Labute approximate surface area is 197 Å². The third-order valence-corrected chi connectivity index (χ3v) is 8.05. The van der Waals surface area contributed by atoms with Crippen LogP contribution < -0.4 is 9.45 Å². The van der Waals surface area contributed by atoms with Crippen LogP contribution in [0.5, 0.6) is 0 Å². The largest absolute Gasteiger partial charge is 0.710 e. The number of hydrogen-bond acceptors (Lipinski definition) is 7. The summed E-state index contributed by atoms with van der Waals surface area (Å²) in [6.45, 7) is 4.34. The molecule has 0 aromatic carbocycles. The summed E-state index contributed by atoms with van der Waals surface area (Å²) in [6.07, 6.45) is -1.23. The SMILES string of the molecule is C[C@H]1CN(C2=NCc3c2cnc(CC2CCC(NS(=O)(=O)CCC(F)(F)F)CC2)[n+]3[O-])CCO1. The number of halogens is 3. The molecule has 9 nitrogen and oxygen atoms in total. The quantitative estimate of drug-likeness (QED) is 0.465. The van der Waals surface area contributed by atoms with Gasteiger partial charge in [0.1, 0.15) is 23.6 Å². The molecule has 3 heterocycles. The van der Waals surface area contributed by atoms with Crippen molar-refractivity contribution in [3.8, 4) is 0 Å². The second-order valence-corrected chi connectivity index (χ2v) is 11.2. The number of nitrogens with one attached hydrogen (secondary N) is 1. The molecule has 0 amide bonds. The lowest BCUT2D eigenvalue weighted by Gasteiger charge is -2.32. The summed E-state index contributed by atoms with van der Waals surface area (Å²) in [5.74, 6) is 0.398. The summed E-state index contributed by atoms with van der Waals surface area (Å²) in [5.41, 5.74) is 1.34. The number of amidine groups is 1. The Morgan fingerprint density at radius 2 is 2.03 bits per heavy atom. The Bertz CT molecular complexity index is 1030. The summed E-state index contributed by atoms with van der Waals surface area (Å²) in [7, 11) is -3.98. The molecule has 1 aliphatic carbocycles. The fourth-order valence-corrected chi connectivity index (χ4v) is 6.19. The second-order valence-electron chi connectivity index (χ2n) is 9.32. The van der Waals surface area contributed by atoms with Crippen molar-refractivity contribution in [1.29, 1.82) is 0 Å². The van der Waals surface area contributed by atoms with Crippen LogP contribution >= 0.6 is 0 Å². The minimum Gasteiger partial charge on any atom is -0.710 e. The molecular formula is C21H30F3N5O4S. The van der Waals surface area contributed by atoms with Crippen molar-refractivity contribution in [3.63, 3.8) is 0 Å². The Balaban J connectivity index is 1.31. The molecule has 4 rings (SSSR count). The van der Waals surface area contributed by atoms with E-state index in [1.807, 2.05) is 6.92 Å². The highest BCUT2D eigenvalue weighted by Gasteiger charge is 2.34. The average molecular weight is 506 g/mol. The molecule has 1 N–H and O–H groups in total. The van der Waals surface area contributed by atoms with Crippen LogP contribution in [0.2, 0.25) is 0 Å². The van der Waals surface area contributed by atoms with Crippen molar-refractivity contribution in [2.75, 3.05) is 25.4 Å². The first-order chi connectivity index (χ1) is 16.0. The number of fused-ring (bicyclic) bond motifs is 1. The molecule has 2 fully saturated rings. The van der Waals surface area contributed by atoms with Crippen molar-refractivity contribution in [3.05, 3.63) is 28.5 Å². The van der Waals surface area contributed by atoms with E-state index in [9.17, 15) is 26.8 Å². The molecule has 1 saturated heterocycles. The molecule has 13 heteroatoms. The van der Waals surface area contributed by atoms with Gasteiger partial charge in [-0.1, -0.05) is 4.98 Å². The van der Waals surface area contributed by atoms with Crippen LogP contribution in [0.3, 0.4) is 0 Å². The maximum Gasteiger partial charge on any atom is 0.390 e. The minimum atomic E-state index is -4.50. The van der Waals surface area contributed by atoms with Gasteiger partial charge in [-0.05, 0) is 38.5 Å². The molecule has 190 valence electrons. The van der Waals surface area contributed by atoms with Crippen molar-refractivity contribution in [1.82, 2.24) is 14.6 Å². The van der Waals surface area contributed by atoms with Crippen molar-refractivity contribution >= 4 is 15.9 Å². The predicted molar refractivity (Wildman–Crippen MR) is 117 cm³/mol. The minimum absolute atomic E-state index is 0.0938. The van der Waals surface area contributed by atoms with E-state index in [0.29, 0.717) is 69.9 Å². The lowest BCUT2D eigenvalue weighted by molar-refractivity contribution is -0.626. The summed E-state index contributed by atoms with van der Waals surface area (Å²) in [6, 6.07) is -0.381. The number of aliphatic imine (C=N–C) groups is 1. The number of alkyl halides is 3. The maximum absolute atomic E-state index is 13.0. The first-order valence-electron chi connectivity index (χ1n) is 11.6. The molecular weight excluding hydrogens is 475 g/mol. The fraction of sp³-hybridized carbons (Fsp3) is 0.762. The summed E-state index contributed by atoms with van der Waals surface area (Å²) >= 11 is 0. The number of hydrogen-bond donors (Lipinski definition) is 1. The van der Waals surface area contributed by atoms with Gasteiger partial charge in [-0.25, -0.2) is 17.9 Å². The van der Waals surface area contributed by atoms with Crippen LogP contribution in [-0.4, -0.2) is 67.9 Å². The molecule has 1 saturated carbocycles. The molecule has 34 heavy (non-hydrogen) atoms. The third-order valence-electron chi connectivity index (χ3n) is 6.61. The fourth-order valence-electron chi connectivity index (χ4n) is 4.82. The number of rotatable bonds is 6. The first kappa shape index (κ1) is 25.1. The van der Waals surface area contributed by atoms with Crippen LogP contribution in [0.1, 0.15) is 56.1 Å². The number of aromatic nitrogens is 2. The van der Waals surface area contributed by atoms with E-state index in [4.69, 9.17) is 4.74 Å². The van der Waals surface area contributed by atoms with Gasteiger partial charge in [-0.2, -0.15) is 13.2 Å². The van der Waals surface area contributed by atoms with Crippen LogP contribution in [0.4, 0.5) is 13.2 Å². The normalized spacial score (nSPS) is 25.8. The van der Waals surface area contributed by atoms with E-state index >= 15 is 0 Å². The van der Waals surface area contributed by atoms with Gasteiger partial charge in [-0.3, -0.25) is 4.99 Å². The molecule has 0 radical (unpaired) electrons. The topological polar surface area (TPSA) is 111 Å². The number of nitrogens with zero attached hydrogens (tertiary/aromatic N) is 4. The Kier molecular flexibility index (Phi) is 7.34. The molecule has 0 bridgehead atoms. The lowest BCUT2D eigenvalue weighted by Crippen LogP contribution is -2.46. The first-order valence-corrected chi connectivity index (χ1v) is 13.2. The number of ether oxygens (including phenoxy) is 1. The van der Waals surface area contributed by atoms with Gasteiger partial charge in [0.05, 0.1) is 31.3 Å². The van der Waals surface area contributed by atoms with Crippen LogP contribution in [0, 0.1) is 11.1 Å². The molecule has 1 aromatic rings. The smallest absolute Gasteiger partial charge is 0.390 e. The van der Waals surface area contributed by atoms with E-state index in [1.54, 1.807) is 6.20 Å². The monoisotopic (exact) mass is 505 g/mol. The Morgan fingerprint density at radius 1 is 1.29 bits per heavy atom. The summed E-state index contributed by atoms with van der Waals surface area (Å²) < 4.78 is 69.7. The summed E-state index contributed by atoms with van der Waals surface area (Å²) in [5, 5.41) is 13.0. The Morgan fingerprint density at radius 3 is 2.71 bits per heavy atom. The average Bonchev–Trinajstić information content (AvgIpc) is 3.20. The zero-order valence-electron chi connectivity index (χ0n) is 19.1. The zero-order chi connectivity index (χ0) is 24.5. The van der Waals surface area contributed by atoms with E-state index < -0.39 is 28.4 Å². The van der Waals surface area contributed by atoms with Crippen molar-refractivity contribution in [2.45, 2.75) is 70.3 Å². The van der Waals surface area contributed by atoms with E-state index in [-0.39, 0.29) is 18.1 Å². The number of sulfonamides is 1. The molecule has 2 aliphatic heterocycles. The van der Waals surface area contributed by atoms with E-state index in [0.717, 1.165) is 16.1 Å². The van der Waals surface area contributed by atoms with Gasteiger partial charge in [0, 0.05) is 19.1 Å². The van der Waals surface area contributed by atoms with Gasteiger partial charge >= 0.3 is 12.0 Å². The van der Waals surface area contributed by atoms with Gasteiger partial charge in [0.25, 0.3) is 0 Å². The zero-order valence-corrected chi connectivity index (χ0v) is 19.9. The molecule has 1 atom stereocenters. The third kappa shape index (κ3) is 6.16. The lowest BCUT2D eigenvalue weighted by atomic mass is 9.84. The van der Waals surface area contributed by atoms with Gasteiger partial charge in [-0.15, -0.1) is 0 Å². The van der Waals surface area contributed by atoms with Crippen molar-refractivity contribution < 1.29 is 31.1 Å². The molecule has 0 spiro atoms. The van der Waals surface area contributed by atoms with Crippen LogP contribution in [0.15, 0.2) is 11.2 Å².